The van der Waals surface area contributed by atoms with Gasteiger partial charge in [0.15, 0.2) is 0 Å². The van der Waals surface area contributed by atoms with Crippen LogP contribution in [0.4, 0.5) is 16.3 Å². The summed E-state index contributed by atoms with van der Waals surface area (Å²) in [5, 5.41) is 15.5. The molecule has 2 atom stereocenters. The van der Waals surface area contributed by atoms with E-state index in [1.54, 1.807) is 10.9 Å². The van der Waals surface area contributed by atoms with Gasteiger partial charge >= 0.3 is 6.03 Å². The molecule has 3 aromatic carbocycles. The maximum atomic E-state index is 13.9. The average Bonchev–Trinajstić information content (AvgIpc) is 3.75. The summed E-state index contributed by atoms with van der Waals surface area (Å²) in [6, 6.07) is 28.3. The van der Waals surface area contributed by atoms with E-state index in [2.05, 4.69) is 53.5 Å². The second-order valence-electron chi connectivity index (χ2n) is 14.7. The van der Waals surface area contributed by atoms with Gasteiger partial charge < -0.3 is 10.2 Å². The number of piperidine rings is 1. The molecule has 2 fully saturated rings. The molecule has 2 aromatic heterocycles. The van der Waals surface area contributed by atoms with Crippen molar-refractivity contribution in [2.45, 2.75) is 84.2 Å². The summed E-state index contributed by atoms with van der Waals surface area (Å²) in [6.07, 6.45) is 6.67. The number of urea groups is 1. The van der Waals surface area contributed by atoms with Crippen LogP contribution in [0.5, 0.6) is 0 Å². The number of benzene rings is 3. The number of hydrogen-bond acceptors (Lipinski definition) is 4. The van der Waals surface area contributed by atoms with Crippen LogP contribution in [0.2, 0.25) is 0 Å². The minimum absolute atomic E-state index is 0.0983. The van der Waals surface area contributed by atoms with E-state index >= 15 is 0 Å². The monoisotopic (exact) mass is 655 g/mol. The third-order valence-electron chi connectivity index (χ3n) is 10.0. The first-order valence-electron chi connectivity index (χ1n) is 17.3. The summed E-state index contributed by atoms with van der Waals surface area (Å²) >= 11 is 0. The Kier molecular flexibility index (Phi) is 8.61. The molecule has 2 aliphatic heterocycles. The van der Waals surface area contributed by atoms with Gasteiger partial charge in [-0.05, 0) is 93.8 Å². The van der Waals surface area contributed by atoms with Crippen LogP contribution in [0.3, 0.4) is 0 Å². The Bertz CT molecular complexity index is 1960. The SMILES string of the molecule is Cc1ccc(-n2nc(C(C)(C)C)cc2NC(=O)Nc2cccc(CC3CC4CCC(C3)N4C(=O)c3cnn(-c4ccccc4)c3C)c2)cc1. The second kappa shape index (κ2) is 13.0. The molecule has 9 nitrogen and oxygen atoms in total. The number of nitrogens with zero attached hydrogens (tertiary/aromatic N) is 5. The van der Waals surface area contributed by atoms with Gasteiger partial charge in [0, 0.05) is 29.3 Å². The fourth-order valence-corrected chi connectivity index (χ4v) is 7.48. The number of fused-ring (bicyclic) bond motifs is 2. The molecule has 0 aliphatic carbocycles. The number of anilines is 2. The predicted octanol–water partition coefficient (Wildman–Crippen LogP) is 8.24. The van der Waals surface area contributed by atoms with Crippen molar-refractivity contribution in [3.63, 3.8) is 0 Å². The largest absolute Gasteiger partial charge is 0.333 e. The van der Waals surface area contributed by atoms with Gasteiger partial charge in [-0.1, -0.05) is 68.8 Å². The van der Waals surface area contributed by atoms with Crippen LogP contribution in [0.25, 0.3) is 11.4 Å². The van der Waals surface area contributed by atoms with E-state index in [1.807, 2.05) is 91.3 Å². The fraction of sp³-hybridized carbons (Fsp3) is 0.350. The van der Waals surface area contributed by atoms with Crippen molar-refractivity contribution in [1.82, 2.24) is 24.5 Å². The molecule has 7 rings (SSSR count). The topological polar surface area (TPSA) is 97.1 Å². The number of para-hydroxylation sites is 1. The molecule has 0 radical (unpaired) electrons. The Morgan fingerprint density at radius 2 is 1.51 bits per heavy atom. The normalized spacial score (nSPS) is 18.8. The van der Waals surface area contributed by atoms with Gasteiger partial charge in [0.2, 0.25) is 0 Å². The first-order valence-corrected chi connectivity index (χ1v) is 17.3. The average molecular weight is 656 g/mol. The highest BCUT2D eigenvalue weighted by molar-refractivity contribution is 5.99. The molecule has 9 heteroatoms. The highest BCUT2D eigenvalue weighted by Gasteiger charge is 2.44. The Balaban J connectivity index is 0.999. The Labute approximate surface area is 288 Å². The third-order valence-corrected chi connectivity index (χ3v) is 10.0. The molecule has 0 saturated carbocycles. The van der Waals surface area contributed by atoms with Crippen molar-refractivity contribution in [1.29, 1.82) is 0 Å². The van der Waals surface area contributed by atoms with E-state index in [4.69, 9.17) is 5.10 Å². The molecule has 2 saturated heterocycles. The molecular formula is C40H45N7O2. The molecule has 4 heterocycles. The summed E-state index contributed by atoms with van der Waals surface area (Å²) in [4.78, 5) is 29.3. The number of rotatable bonds is 7. The maximum absolute atomic E-state index is 13.9. The van der Waals surface area contributed by atoms with E-state index in [0.717, 1.165) is 66.1 Å². The lowest BCUT2D eigenvalue weighted by Crippen LogP contribution is -2.47. The smallest absolute Gasteiger partial charge is 0.324 e. The zero-order chi connectivity index (χ0) is 34.3. The number of carbonyl (C=O) groups is 2. The molecule has 2 N–H and O–H groups in total. The first kappa shape index (κ1) is 32.4. The van der Waals surface area contributed by atoms with Gasteiger partial charge in [0.05, 0.1) is 34.5 Å². The first-order chi connectivity index (χ1) is 23.5. The summed E-state index contributed by atoms with van der Waals surface area (Å²) in [5.41, 5.74) is 7.21. The van der Waals surface area contributed by atoms with Crippen LogP contribution in [0.15, 0.2) is 91.1 Å². The van der Waals surface area contributed by atoms with Crippen LogP contribution < -0.4 is 10.6 Å². The van der Waals surface area contributed by atoms with Gasteiger partial charge in [0.25, 0.3) is 5.91 Å². The zero-order valence-electron chi connectivity index (χ0n) is 29.0. The number of nitrogens with one attached hydrogen (secondary N) is 2. The highest BCUT2D eigenvalue weighted by atomic mass is 16.2. The van der Waals surface area contributed by atoms with Gasteiger partial charge in [-0.15, -0.1) is 0 Å². The van der Waals surface area contributed by atoms with Gasteiger partial charge in [-0.2, -0.15) is 10.2 Å². The van der Waals surface area contributed by atoms with E-state index in [9.17, 15) is 9.59 Å². The maximum Gasteiger partial charge on any atom is 0.324 e. The second-order valence-corrected chi connectivity index (χ2v) is 14.7. The number of aromatic nitrogens is 4. The summed E-state index contributed by atoms with van der Waals surface area (Å²) in [6.45, 7) is 10.4. The standard InChI is InChI=1S/C40H45N7O2/c1-26-14-16-32(17-15-26)47-37(24-36(44-47)40(3,4)5)43-39(49)42-30-11-9-10-28(21-30)20-29-22-33-18-19-34(23-29)45(33)38(48)35-25-41-46(27(35)2)31-12-7-6-8-13-31/h6-17,21,24-25,29,33-34H,18-20,22-23H2,1-5H3,(H2,42,43,49). The zero-order valence-corrected chi connectivity index (χ0v) is 29.0. The van der Waals surface area contributed by atoms with E-state index in [1.165, 1.54) is 5.56 Å². The Morgan fingerprint density at radius 3 is 2.20 bits per heavy atom. The molecule has 49 heavy (non-hydrogen) atoms. The van der Waals surface area contributed by atoms with Crippen molar-refractivity contribution >= 4 is 23.4 Å². The summed E-state index contributed by atoms with van der Waals surface area (Å²) in [5.74, 6) is 1.18. The van der Waals surface area contributed by atoms with Gasteiger partial charge in [-0.25, -0.2) is 14.2 Å². The number of amides is 3. The molecule has 0 spiro atoms. The third kappa shape index (κ3) is 6.75. The number of carbonyl (C=O) groups excluding carboxylic acids is 2. The molecular weight excluding hydrogens is 610 g/mol. The summed E-state index contributed by atoms with van der Waals surface area (Å²) in [7, 11) is 0. The Morgan fingerprint density at radius 1 is 0.816 bits per heavy atom. The quantitative estimate of drug-likeness (QED) is 0.185. The molecule has 5 aromatic rings. The lowest BCUT2D eigenvalue weighted by atomic mass is 9.85. The molecule has 2 bridgehead atoms. The van der Waals surface area contributed by atoms with Crippen molar-refractivity contribution in [3.05, 3.63) is 119 Å². The molecule has 252 valence electrons. The lowest BCUT2D eigenvalue weighted by Gasteiger charge is -2.39. The van der Waals surface area contributed by atoms with Gasteiger partial charge in [0.1, 0.15) is 5.82 Å². The predicted molar refractivity (Wildman–Crippen MR) is 194 cm³/mol. The van der Waals surface area contributed by atoms with Crippen LogP contribution >= 0.6 is 0 Å². The summed E-state index contributed by atoms with van der Waals surface area (Å²) < 4.78 is 3.64. The van der Waals surface area contributed by atoms with E-state index < -0.39 is 0 Å². The van der Waals surface area contributed by atoms with Crippen LogP contribution in [0, 0.1) is 19.8 Å². The van der Waals surface area contributed by atoms with Gasteiger partial charge in [-0.3, -0.25) is 10.1 Å². The van der Waals surface area contributed by atoms with E-state index in [0.29, 0.717) is 17.3 Å². The van der Waals surface area contributed by atoms with Crippen molar-refractivity contribution in [3.8, 4) is 11.4 Å². The molecule has 2 unspecified atom stereocenters. The van der Waals surface area contributed by atoms with Crippen LogP contribution in [0.1, 0.15) is 79.3 Å². The van der Waals surface area contributed by atoms with Crippen molar-refractivity contribution in [2.24, 2.45) is 5.92 Å². The Hall–Kier alpha value is -5.18. The highest BCUT2D eigenvalue weighted by Crippen LogP contribution is 2.41. The minimum atomic E-state index is -0.318. The van der Waals surface area contributed by atoms with Crippen LogP contribution in [-0.4, -0.2) is 48.5 Å². The van der Waals surface area contributed by atoms with Crippen molar-refractivity contribution < 1.29 is 9.59 Å². The van der Waals surface area contributed by atoms with Crippen molar-refractivity contribution in [2.75, 3.05) is 10.6 Å². The van der Waals surface area contributed by atoms with Crippen LogP contribution in [-0.2, 0) is 11.8 Å². The number of aryl methyl sites for hydroxylation is 1. The lowest BCUT2D eigenvalue weighted by molar-refractivity contribution is 0.0524. The minimum Gasteiger partial charge on any atom is -0.333 e. The van der Waals surface area contributed by atoms with E-state index in [-0.39, 0.29) is 29.4 Å². The fourth-order valence-electron chi connectivity index (χ4n) is 7.48. The molecule has 3 amide bonds. The molecule has 2 aliphatic rings. The number of hydrogen-bond donors (Lipinski definition) is 2.